The topological polar surface area (TPSA) is 51.2 Å². The van der Waals surface area contributed by atoms with Gasteiger partial charge in [-0.15, -0.1) is 0 Å². The molecular weight excluding hydrogens is 360 g/mol. The van der Waals surface area contributed by atoms with E-state index in [0.29, 0.717) is 11.8 Å². The third-order valence-electron chi connectivity index (χ3n) is 4.52. The van der Waals surface area contributed by atoms with Crippen molar-refractivity contribution in [1.82, 2.24) is 10.3 Å². The van der Waals surface area contributed by atoms with Crippen LogP contribution in [0.5, 0.6) is 5.88 Å². The molecule has 1 heterocycles. The van der Waals surface area contributed by atoms with Crippen molar-refractivity contribution in [1.29, 1.82) is 0 Å². The molecule has 0 saturated carbocycles. The molecule has 1 N–H and O–H groups in total. The molecule has 1 aromatic carbocycles. The van der Waals surface area contributed by atoms with Crippen LogP contribution in [0, 0.1) is 5.92 Å². The van der Waals surface area contributed by atoms with E-state index in [1.54, 1.807) is 6.08 Å². The Bertz CT molecular complexity index is 796. The molecule has 0 aliphatic rings. The summed E-state index contributed by atoms with van der Waals surface area (Å²) in [7, 11) is 0. The molecule has 0 saturated heterocycles. The summed E-state index contributed by atoms with van der Waals surface area (Å²) in [6.07, 6.45) is 14.4. The number of unbranched alkanes of at least 4 members (excludes halogenated alkanes) is 5. The minimum absolute atomic E-state index is 0.0236. The van der Waals surface area contributed by atoms with E-state index < -0.39 is 0 Å². The zero-order chi connectivity index (χ0) is 20.7. The fourth-order valence-corrected chi connectivity index (χ4v) is 2.88. The van der Waals surface area contributed by atoms with Gasteiger partial charge in [0.05, 0.1) is 12.1 Å². The highest BCUT2D eigenvalue weighted by Gasteiger charge is 1.99. The van der Waals surface area contributed by atoms with Crippen LogP contribution in [-0.2, 0) is 4.79 Å². The molecule has 0 radical (unpaired) electrons. The molecule has 0 aliphatic heterocycles. The van der Waals surface area contributed by atoms with Crippen LogP contribution in [0.25, 0.3) is 10.9 Å². The first kappa shape index (κ1) is 22.7. The van der Waals surface area contributed by atoms with Crippen LogP contribution in [-0.4, -0.2) is 24.0 Å². The van der Waals surface area contributed by atoms with Crippen LogP contribution in [0.2, 0.25) is 0 Å². The average molecular weight is 395 g/mol. The first-order valence-electron chi connectivity index (χ1n) is 10.7. The van der Waals surface area contributed by atoms with E-state index in [1.165, 1.54) is 25.7 Å². The standard InChI is InChI=1S/C25H34N2O2/c1-21(2)20-26-24(28)16-10-8-6-4-3-5-7-9-13-19-29-25-18-17-22-14-11-12-15-23(22)27-25/h6,8,10-12,14-18,21H,3-5,7,9,13,19-20H2,1-2H3,(H,26,28)/b8-6+,16-10+. The summed E-state index contributed by atoms with van der Waals surface area (Å²) in [4.78, 5) is 16.0. The smallest absolute Gasteiger partial charge is 0.243 e. The zero-order valence-electron chi connectivity index (χ0n) is 17.8. The Hall–Kier alpha value is -2.62. The van der Waals surface area contributed by atoms with Crippen molar-refractivity contribution in [3.8, 4) is 5.88 Å². The maximum absolute atomic E-state index is 11.5. The van der Waals surface area contributed by atoms with Crippen molar-refractivity contribution < 1.29 is 9.53 Å². The molecule has 0 aliphatic carbocycles. The lowest BCUT2D eigenvalue weighted by Crippen LogP contribution is -2.25. The number of fused-ring (bicyclic) bond motifs is 1. The van der Waals surface area contributed by atoms with E-state index in [0.717, 1.165) is 36.9 Å². The molecule has 1 aromatic heterocycles. The van der Waals surface area contributed by atoms with E-state index in [1.807, 2.05) is 36.4 Å². The van der Waals surface area contributed by atoms with Gasteiger partial charge in [-0.05, 0) is 37.3 Å². The fourth-order valence-electron chi connectivity index (χ4n) is 2.88. The third-order valence-corrected chi connectivity index (χ3v) is 4.52. The molecule has 0 fully saturated rings. The van der Waals surface area contributed by atoms with Crippen molar-refractivity contribution in [2.24, 2.45) is 5.92 Å². The van der Waals surface area contributed by atoms with Gasteiger partial charge in [0.25, 0.3) is 0 Å². The Morgan fingerprint density at radius 2 is 1.83 bits per heavy atom. The molecule has 29 heavy (non-hydrogen) atoms. The maximum Gasteiger partial charge on any atom is 0.243 e. The van der Waals surface area contributed by atoms with Gasteiger partial charge in [-0.25, -0.2) is 4.98 Å². The van der Waals surface area contributed by atoms with Crippen LogP contribution in [0.4, 0.5) is 0 Å². The highest BCUT2D eigenvalue weighted by atomic mass is 16.5. The van der Waals surface area contributed by atoms with Crippen LogP contribution >= 0.6 is 0 Å². The van der Waals surface area contributed by atoms with E-state index in [2.05, 4.69) is 42.4 Å². The molecule has 4 nitrogen and oxygen atoms in total. The summed E-state index contributed by atoms with van der Waals surface area (Å²) in [5, 5.41) is 4.00. The summed E-state index contributed by atoms with van der Waals surface area (Å²) >= 11 is 0. The lowest BCUT2D eigenvalue weighted by molar-refractivity contribution is -0.116. The number of nitrogens with one attached hydrogen (secondary N) is 1. The van der Waals surface area contributed by atoms with E-state index in [4.69, 9.17) is 4.74 Å². The highest BCUT2D eigenvalue weighted by Crippen LogP contribution is 2.16. The zero-order valence-corrected chi connectivity index (χ0v) is 17.8. The van der Waals surface area contributed by atoms with Gasteiger partial charge in [-0.2, -0.15) is 0 Å². The normalized spacial score (nSPS) is 11.7. The summed E-state index contributed by atoms with van der Waals surface area (Å²) < 4.78 is 5.77. The molecule has 0 atom stereocenters. The molecule has 2 aromatic rings. The number of carbonyl (C=O) groups excluding carboxylic acids is 1. The number of para-hydroxylation sites is 1. The molecule has 0 bridgehead atoms. The number of amides is 1. The number of rotatable bonds is 13. The van der Waals surface area contributed by atoms with Crippen molar-refractivity contribution in [2.45, 2.75) is 52.4 Å². The molecule has 2 rings (SSSR count). The van der Waals surface area contributed by atoms with Crippen molar-refractivity contribution in [2.75, 3.05) is 13.2 Å². The highest BCUT2D eigenvalue weighted by molar-refractivity contribution is 5.87. The monoisotopic (exact) mass is 394 g/mol. The number of aromatic nitrogens is 1. The number of hydrogen-bond acceptors (Lipinski definition) is 3. The number of benzene rings is 1. The summed E-state index contributed by atoms with van der Waals surface area (Å²) in [5.74, 6) is 1.16. The number of carbonyl (C=O) groups is 1. The Morgan fingerprint density at radius 1 is 1.03 bits per heavy atom. The van der Waals surface area contributed by atoms with Gasteiger partial charge >= 0.3 is 0 Å². The van der Waals surface area contributed by atoms with Gasteiger partial charge in [0.15, 0.2) is 0 Å². The largest absolute Gasteiger partial charge is 0.478 e. The lowest BCUT2D eigenvalue weighted by atomic mass is 10.1. The van der Waals surface area contributed by atoms with Crippen LogP contribution in [0.1, 0.15) is 52.4 Å². The van der Waals surface area contributed by atoms with E-state index in [9.17, 15) is 4.79 Å². The molecular formula is C25H34N2O2. The summed E-state index contributed by atoms with van der Waals surface area (Å²) in [6, 6.07) is 12.1. The Morgan fingerprint density at radius 3 is 2.69 bits per heavy atom. The predicted molar refractivity (Wildman–Crippen MR) is 121 cm³/mol. The second kappa shape index (κ2) is 13.5. The second-order valence-electron chi connectivity index (χ2n) is 7.67. The summed E-state index contributed by atoms with van der Waals surface area (Å²) in [6.45, 7) is 5.60. The van der Waals surface area contributed by atoms with Gasteiger partial charge in [-0.3, -0.25) is 4.79 Å². The van der Waals surface area contributed by atoms with E-state index >= 15 is 0 Å². The predicted octanol–water partition coefficient (Wildman–Crippen LogP) is 5.84. The van der Waals surface area contributed by atoms with E-state index in [-0.39, 0.29) is 5.91 Å². The maximum atomic E-state index is 11.5. The van der Waals surface area contributed by atoms with Crippen molar-refractivity contribution in [3.05, 3.63) is 60.7 Å². The fraction of sp³-hybridized carbons (Fsp3) is 0.440. The number of hydrogen-bond donors (Lipinski definition) is 1. The quantitative estimate of drug-likeness (QED) is 0.264. The third kappa shape index (κ3) is 9.93. The van der Waals surface area contributed by atoms with Crippen molar-refractivity contribution >= 4 is 16.8 Å². The second-order valence-corrected chi connectivity index (χ2v) is 7.67. The van der Waals surface area contributed by atoms with Gasteiger partial charge in [0, 0.05) is 24.1 Å². The number of ether oxygens (including phenoxy) is 1. The van der Waals surface area contributed by atoms with Crippen molar-refractivity contribution in [3.63, 3.8) is 0 Å². The molecule has 0 spiro atoms. The van der Waals surface area contributed by atoms with Gasteiger partial charge in [0.2, 0.25) is 11.8 Å². The SMILES string of the molecule is CC(C)CNC(=O)/C=C/C=C/CCCCCCCOc1ccc2ccccc2n1. The van der Waals surface area contributed by atoms with Crippen LogP contribution < -0.4 is 10.1 Å². The molecule has 0 unspecified atom stereocenters. The van der Waals surface area contributed by atoms with Crippen LogP contribution in [0.3, 0.4) is 0 Å². The Kier molecular flexibility index (Phi) is 10.6. The first-order valence-corrected chi connectivity index (χ1v) is 10.7. The number of allylic oxidation sites excluding steroid dienone is 3. The number of pyridine rings is 1. The minimum Gasteiger partial charge on any atom is -0.478 e. The Balaban J connectivity index is 1.46. The molecule has 4 heteroatoms. The summed E-state index contributed by atoms with van der Waals surface area (Å²) in [5.41, 5.74) is 0.976. The van der Waals surface area contributed by atoms with Gasteiger partial charge in [0.1, 0.15) is 0 Å². The molecule has 1 amide bonds. The van der Waals surface area contributed by atoms with Crippen LogP contribution in [0.15, 0.2) is 60.7 Å². The lowest BCUT2D eigenvalue weighted by Gasteiger charge is -2.06. The van der Waals surface area contributed by atoms with Gasteiger partial charge in [-0.1, -0.05) is 69.5 Å². The first-order chi connectivity index (χ1) is 14.1. The minimum atomic E-state index is -0.0236. The molecule has 156 valence electrons. The van der Waals surface area contributed by atoms with Gasteiger partial charge < -0.3 is 10.1 Å². The Labute approximate surface area is 175 Å². The number of nitrogens with zero attached hydrogens (tertiary/aromatic N) is 1. The average Bonchev–Trinajstić information content (AvgIpc) is 2.73.